The van der Waals surface area contributed by atoms with Crippen LogP contribution in [0.3, 0.4) is 0 Å². The molecule has 0 amide bonds. The average Bonchev–Trinajstić information content (AvgIpc) is 2.52. The van der Waals surface area contributed by atoms with E-state index >= 15 is 0 Å². The van der Waals surface area contributed by atoms with Crippen LogP contribution in [0.5, 0.6) is 0 Å². The fraction of sp³-hybridized carbons (Fsp3) is 0.667. The van der Waals surface area contributed by atoms with E-state index in [0.29, 0.717) is 24.4 Å². The van der Waals surface area contributed by atoms with Gasteiger partial charge in [0.1, 0.15) is 0 Å². The van der Waals surface area contributed by atoms with Gasteiger partial charge in [-0.3, -0.25) is 9.78 Å². The van der Waals surface area contributed by atoms with E-state index in [1.54, 1.807) is 0 Å². The molecule has 1 fully saturated rings. The predicted molar refractivity (Wildman–Crippen MR) is 87.8 cm³/mol. The molecular weight excluding hydrogens is 276 g/mol. The van der Waals surface area contributed by atoms with Gasteiger partial charge in [-0.25, -0.2) is 0 Å². The van der Waals surface area contributed by atoms with Crippen LogP contribution in [0.1, 0.15) is 57.4 Å². The fourth-order valence-corrected chi connectivity index (χ4v) is 3.44. The van der Waals surface area contributed by atoms with Gasteiger partial charge < -0.3 is 10.4 Å². The number of hydrogen-bond donors (Lipinski definition) is 2. The second-order valence-corrected chi connectivity index (χ2v) is 6.92. The summed E-state index contributed by atoms with van der Waals surface area (Å²) in [7, 11) is 0. The first-order valence-corrected chi connectivity index (χ1v) is 8.42. The van der Waals surface area contributed by atoms with Gasteiger partial charge in [-0.05, 0) is 49.1 Å². The molecule has 1 aliphatic rings. The third kappa shape index (κ3) is 5.09. The van der Waals surface area contributed by atoms with Crippen LogP contribution in [0.15, 0.2) is 24.5 Å². The summed E-state index contributed by atoms with van der Waals surface area (Å²) in [5, 5.41) is 12.8. The number of carboxylic acids is 1. The molecule has 4 nitrogen and oxygen atoms in total. The third-order valence-corrected chi connectivity index (χ3v) is 4.59. The van der Waals surface area contributed by atoms with Crippen molar-refractivity contribution < 1.29 is 9.90 Å². The van der Waals surface area contributed by atoms with Crippen molar-refractivity contribution in [3.05, 3.63) is 30.1 Å². The Labute approximate surface area is 133 Å². The monoisotopic (exact) mass is 304 g/mol. The summed E-state index contributed by atoms with van der Waals surface area (Å²) < 4.78 is 0. The number of pyridine rings is 1. The average molecular weight is 304 g/mol. The highest BCUT2D eigenvalue weighted by Crippen LogP contribution is 2.32. The summed E-state index contributed by atoms with van der Waals surface area (Å²) >= 11 is 0. The van der Waals surface area contributed by atoms with E-state index in [9.17, 15) is 9.90 Å². The maximum absolute atomic E-state index is 11.3. The van der Waals surface area contributed by atoms with E-state index in [4.69, 9.17) is 0 Å². The minimum Gasteiger partial charge on any atom is -0.481 e. The number of nitrogens with one attached hydrogen (secondary N) is 1. The van der Waals surface area contributed by atoms with Crippen molar-refractivity contribution in [2.24, 2.45) is 11.8 Å². The number of nitrogens with zero attached hydrogens (tertiary/aromatic N) is 1. The van der Waals surface area contributed by atoms with E-state index in [0.717, 1.165) is 19.3 Å². The van der Waals surface area contributed by atoms with Crippen LogP contribution < -0.4 is 5.32 Å². The van der Waals surface area contributed by atoms with Gasteiger partial charge in [0.2, 0.25) is 0 Å². The molecule has 1 heterocycles. The first-order chi connectivity index (χ1) is 10.6. The highest BCUT2D eigenvalue weighted by atomic mass is 16.4. The van der Waals surface area contributed by atoms with Gasteiger partial charge in [0, 0.05) is 25.0 Å². The lowest BCUT2D eigenvalue weighted by atomic mass is 9.81. The number of rotatable bonds is 7. The van der Waals surface area contributed by atoms with Gasteiger partial charge in [0.15, 0.2) is 0 Å². The molecule has 122 valence electrons. The van der Waals surface area contributed by atoms with Crippen LogP contribution in [0.4, 0.5) is 0 Å². The second kappa shape index (κ2) is 8.28. The molecule has 0 saturated heterocycles. The van der Waals surface area contributed by atoms with Crippen molar-refractivity contribution in [2.45, 2.75) is 57.9 Å². The van der Waals surface area contributed by atoms with E-state index in [-0.39, 0.29) is 5.92 Å². The minimum absolute atomic E-state index is 0.279. The lowest BCUT2D eigenvalue weighted by Gasteiger charge is -2.31. The van der Waals surface area contributed by atoms with E-state index in [1.807, 2.05) is 18.5 Å². The molecule has 0 bridgehead atoms. The SMILES string of the molecule is CC(C)C[C@H](CN[C@@H]1CCC[C@@H](c2cccnc2)C1)C(=O)O. The normalized spacial score (nSPS) is 23.4. The third-order valence-electron chi connectivity index (χ3n) is 4.59. The Morgan fingerprint density at radius 1 is 1.45 bits per heavy atom. The van der Waals surface area contributed by atoms with Crippen molar-refractivity contribution in [3.8, 4) is 0 Å². The van der Waals surface area contributed by atoms with Crippen molar-refractivity contribution >= 4 is 5.97 Å². The van der Waals surface area contributed by atoms with Crippen LogP contribution in [0, 0.1) is 11.8 Å². The van der Waals surface area contributed by atoms with Gasteiger partial charge >= 0.3 is 5.97 Å². The van der Waals surface area contributed by atoms with Crippen molar-refractivity contribution in [1.82, 2.24) is 10.3 Å². The van der Waals surface area contributed by atoms with Gasteiger partial charge in [0.05, 0.1) is 5.92 Å². The fourth-order valence-electron chi connectivity index (χ4n) is 3.44. The van der Waals surface area contributed by atoms with Crippen molar-refractivity contribution in [3.63, 3.8) is 0 Å². The molecule has 3 atom stereocenters. The van der Waals surface area contributed by atoms with Crippen LogP contribution >= 0.6 is 0 Å². The van der Waals surface area contributed by atoms with Gasteiger partial charge in [-0.2, -0.15) is 0 Å². The van der Waals surface area contributed by atoms with Crippen LogP contribution in [0.25, 0.3) is 0 Å². The summed E-state index contributed by atoms with van der Waals surface area (Å²) in [5.74, 6) is 0.00492. The standard InChI is InChI=1S/C18H28N2O2/c1-13(2)9-16(18(21)22)12-20-17-7-3-5-14(10-17)15-6-4-8-19-11-15/h4,6,8,11,13-14,16-17,20H,3,5,7,9-10,12H2,1-2H3,(H,21,22)/t14-,16-,17-/m1/s1. The summed E-state index contributed by atoms with van der Waals surface area (Å²) in [4.78, 5) is 15.6. The van der Waals surface area contributed by atoms with Crippen LogP contribution in [-0.4, -0.2) is 28.6 Å². The van der Waals surface area contributed by atoms with E-state index in [2.05, 4.69) is 30.2 Å². The lowest BCUT2D eigenvalue weighted by Crippen LogP contribution is -2.39. The Morgan fingerprint density at radius 2 is 2.27 bits per heavy atom. The molecule has 1 aromatic heterocycles. The summed E-state index contributed by atoms with van der Waals surface area (Å²) in [6.45, 7) is 4.74. The molecule has 4 heteroatoms. The molecule has 1 aromatic rings. The predicted octanol–water partition coefficient (Wildman–Crippen LogP) is 3.44. The number of carbonyl (C=O) groups is 1. The number of aromatic nitrogens is 1. The summed E-state index contributed by atoms with van der Waals surface area (Å²) in [5.41, 5.74) is 1.31. The zero-order valence-corrected chi connectivity index (χ0v) is 13.7. The molecule has 22 heavy (non-hydrogen) atoms. The highest BCUT2D eigenvalue weighted by Gasteiger charge is 2.25. The Bertz CT molecular complexity index is 461. The van der Waals surface area contributed by atoms with E-state index < -0.39 is 5.97 Å². The molecular formula is C18H28N2O2. The van der Waals surface area contributed by atoms with Gasteiger partial charge in [0.25, 0.3) is 0 Å². The molecule has 0 aromatic carbocycles. The smallest absolute Gasteiger partial charge is 0.307 e. The second-order valence-electron chi connectivity index (χ2n) is 6.92. The number of carboxylic acid groups (broad SMARTS) is 1. The molecule has 1 aliphatic carbocycles. The maximum atomic E-state index is 11.3. The molecule has 0 unspecified atom stereocenters. The van der Waals surface area contributed by atoms with Gasteiger partial charge in [-0.1, -0.05) is 26.3 Å². The lowest BCUT2D eigenvalue weighted by molar-refractivity contribution is -0.142. The summed E-state index contributed by atoms with van der Waals surface area (Å²) in [6.07, 6.45) is 9.14. The van der Waals surface area contributed by atoms with Crippen molar-refractivity contribution in [2.75, 3.05) is 6.54 Å². The highest BCUT2D eigenvalue weighted by molar-refractivity contribution is 5.70. The zero-order chi connectivity index (χ0) is 15.9. The largest absolute Gasteiger partial charge is 0.481 e. The maximum Gasteiger partial charge on any atom is 0.307 e. The first kappa shape index (κ1) is 16.9. The topological polar surface area (TPSA) is 62.2 Å². The molecule has 0 radical (unpaired) electrons. The van der Waals surface area contributed by atoms with Crippen LogP contribution in [-0.2, 0) is 4.79 Å². The first-order valence-electron chi connectivity index (χ1n) is 8.42. The number of hydrogen-bond acceptors (Lipinski definition) is 3. The number of aliphatic carboxylic acids is 1. The molecule has 2 N–H and O–H groups in total. The van der Waals surface area contributed by atoms with Gasteiger partial charge in [-0.15, -0.1) is 0 Å². The Morgan fingerprint density at radius 3 is 2.91 bits per heavy atom. The molecule has 2 rings (SSSR count). The molecule has 1 saturated carbocycles. The Balaban J connectivity index is 1.86. The Hall–Kier alpha value is -1.42. The summed E-state index contributed by atoms with van der Waals surface area (Å²) in [6, 6.07) is 4.57. The quantitative estimate of drug-likeness (QED) is 0.810. The van der Waals surface area contributed by atoms with Crippen molar-refractivity contribution in [1.29, 1.82) is 0 Å². The Kier molecular flexibility index (Phi) is 6.37. The van der Waals surface area contributed by atoms with Crippen LogP contribution in [0.2, 0.25) is 0 Å². The van der Waals surface area contributed by atoms with E-state index in [1.165, 1.54) is 18.4 Å². The molecule has 0 aliphatic heterocycles. The zero-order valence-electron chi connectivity index (χ0n) is 13.7. The minimum atomic E-state index is -0.680. The molecule has 0 spiro atoms.